The van der Waals surface area contributed by atoms with Crippen LogP contribution in [0, 0.1) is 0 Å². The first-order valence-electron chi connectivity index (χ1n) is 3.61. The summed E-state index contributed by atoms with van der Waals surface area (Å²) in [6, 6.07) is 0. The summed E-state index contributed by atoms with van der Waals surface area (Å²) in [5, 5.41) is 10.4. The lowest BCUT2D eigenvalue weighted by Crippen LogP contribution is -2.27. The lowest BCUT2D eigenvalue weighted by Gasteiger charge is -2.18. The van der Waals surface area contributed by atoms with Gasteiger partial charge < -0.3 is 5.11 Å². The molecule has 58 valence electrons. The molecule has 2 atom stereocenters. The molecule has 1 nitrogen and oxygen atoms in total. The summed E-state index contributed by atoms with van der Waals surface area (Å²) in [7, 11) is 0. The average molecular weight is 158 g/mol. The van der Waals surface area contributed by atoms with Crippen LogP contribution in [0.1, 0.15) is 19.8 Å². The normalized spacial score (nSPS) is 40.0. The molecule has 1 saturated heterocycles. The summed E-state index contributed by atoms with van der Waals surface area (Å²) in [4.78, 5) is 0. The van der Waals surface area contributed by atoms with Crippen molar-refractivity contribution in [1.82, 2.24) is 0 Å². The Morgan fingerprint density at radius 3 is 3.00 bits per heavy atom. The zero-order chi connectivity index (χ0) is 7.61. The van der Waals surface area contributed by atoms with Gasteiger partial charge >= 0.3 is 0 Å². The summed E-state index contributed by atoms with van der Waals surface area (Å²) in [6.45, 7) is 5.78. The zero-order valence-corrected chi connectivity index (χ0v) is 7.16. The van der Waals surface area contributed by atoms with Crippen LogP contribution in [0.25, 0.3) is 0 Å². The molecule has 0 bridgehead atoms. The third-order valence-corrected chi connectivity index (χ3v) is 3.27. The molecule has 0 radical (unpaired) electrons. The highest BCUT2D eigenvalue weighted by Gasteiger charge is 2.34. The Hall–Kier alpha value is 0.0500. The molecular formula is C8H14OS. The number of hydrogen-bond donors (Lipinski definition) is 1. The molecule has 0 aromatic carbocycles. The Kier molecular flexibility index (Phi) is 2.42. The van der Waals surface area contributed by atoms with Crippen LogP contribution in [0.15, 0.2) is 12.7 Å². The molecule has 1 aliphatic rings. The van der Waals surface area contributed by atoms with Gasteiger partial charge in [-0.15, -0.1) is 6.58 Å². The fourth-order valence-corrected chi connectivity index (χ4v) is 2.62. The molecule has 0 aromatic heterocycles. The van der Waals surface area contributed by atoms with E-state index in [0.717, 1.165) is 18.6 Å². The smallest absolute Gasteiger partial charge is 0.0782 e. The molecule has 2 heteroatoms. The van der Waals surface area contributed by atoms with Gasteiger partial charge in [0.1, 0.15) is 0 Å². The monoisotopic (exact) mass is 158 g/mol. The van der Waals surface area contributed by atoms with Crippen LogP contribution in [-0.2, 0) is 0 Å². The predicted octanol–water partition coefficient (Wildman–Crippen LogP) is 1.82. The minimum atomic E-state index is -0.439. The third kappa shape index (κ3) is 1.77. The van der Waals surface area contributed by atoms with Crippen LogP contribution in [0.4, 0.5) is 0 Å². The maximum Gasteiger partial charge on any atom is 0.0782 e. The maximum absolute atomic E-state index is 9.77. The molecule has 1 N–H and O–H groups in total. The van der Waals surface area contributed by atoms with E-state index in [1.807, 2.05) is 11.8 Å². The Morgan fingerprint density at radius 1 is 1.90 bits per heavy atom. The lowest BCUT2D eigenvalue weighted by atomic mass is 9.97. The van der Waals surface area contributed by atoms with Gasteiger partial charge in [0.15, 0.2) is 0 Å². The van der Waals surface area contributed by atoms with E-state index < -0.39 is 5.60 Å². The summed E-state index contributed by atoms with van der Waals surface area (Å²) < 4.78 is 0. The van der Waals surface area contributed by atoms with Gasteiger partial charge in [-0.25, -0.2) is 0 Å². The first-order valence-corrected chi connectivity index (χ1v) is 4.66. The van der Waals surface area contributed by atoms with Crippen molar-refractivity contribution in [2.45, 2.75) is 30.6 Å². The zero-order valence-electron chi connectivity index (χ0n) is 6.34. The van der Waals surface area contributed by atoms with Crippen molar-refractivity contribution >= 4 is 11.8 Å². The minimum Gasteiger partial charge on any atom is -0.389 e. The summed E-state index contributed by atoms with van der Waals surface area (Å²) in [5.41, 5.74) is -0.439. The van der Waals surface area contributed by atoms with Gasteiger partial charge in [0.25, 0.3) is 0 Å². The number of rotatable bonds is 2. The molecule has 0 aromatic rings. The predicted molar refractivity (Wildman–Crippen MR) is 46.3 cm³/mol. The molecule has 2 unspecified atom stereocenters. The first-order chi connectivity index (χ1) is 4.66. The molecule has 0 saturated carbocycles. The van der Waals surface area contributed by atoms with Crippen molar-refractivity contribution in [1.29, 1.82) is 0 Å². The van der Waals surface area contributed by atoms with Crippen LogP contribution >= 0.6 is 11.8 Å². The molecule has 1 fully saturated rings. The van der Waals surface area contributed by atoms with Gasteiger partial charge in [-0.05, 0) is 12.8 Å². The molecule has 1 aliphatic heterocycles. The van der Waals surface area contributed by atoms with Gasteiger partial charge in [-0.3, -0.25) is 0 Å². The van der Waals surface area contributed by atoms with Gasteiger partial charge in [-0.1, -0.05) is 13.0 Å². The fourth-order valence-electron chi connectivity index (χ4n) is 1.36. The topological polar surface area (TPSA) is 20.2 Å². The van der Waals surface area contributed by atoms with E-state index in [4.69, 9.17) is 0 Å². The van der Waals surface area contributed by atoms with Crippen LogP contribution in [-0.4, -0.2) is 21.7 Å². The quantitative estimate of drug-likeness (QED) is 0.619. The van der Waals surface area contributed by atoms with Gasteiger partial charge in [-0.2, -0.15) is 11.8 Å². The Balaban J connectivity index is 2.45. The van der Waals surface area contributed by atoms with E-state index in [9.17, 15) is 5.11 Å². The molecule has 0 amide bonds. The van der Waals surface area contributed by atoms with Crippen LogP contribution in [0.3, 0.4) is 0 Å². The van der Waals surface area contributed by atoms with Crippen LogP contribution < -0.4 is 0 Å². The highest BCUT2D eigenvalue weighted by atomic mass is 32.2. The Morgan fingerprint density at radius 2 is 2.60 bits per heavy atom. The van der Waals surface area contributed by atoms with E-state index >= 15 is 0 Å². The van der Waals surface area contributed by atoms with Gasteiger partial charge in [0.2, 0.25) is 0 Å². The van der Waals surface area contributed by atoms with Crippen molar-refractivity contribution in [2.75, 3.05) is 5.75 Å². The SMILES string of the molecule is C=CCC1(O)CSC(C)C1. The highest BCUT2D eigenvalue weighted by molar-refractivity contribution is 8.00. The first kappa shape index (κ1) is 8.15. The van der Waals surface area contributed by atoms with Crippen molar-refractivity contribution in [2.24, 2.45) is 0 Å². The third-order valence-electron chi connectivity index (χ3n) is 1.83. The second-order valence-corrected chi connectivity index (χ2v) is 4.47. The van der Waals surface area contributed by atoms with Crippen molar-refractivity contribution in [3.05, 3.63) is 12.7 Å². The highest BCUT2D eigenvalue weighted by Crippen LogP contribution is 2.36. The van der Waals surface area contributed by atoms with E-state index in [1.165, 1.54) is 0 Å². The molecule has 1 heterocycles. The molecular weight excluding hydrogens is 144 g/mol. The average Bonchev–Trinajstić information content (AvgIpc) is 2.12. The molecule has 1 rings (SSSR count). The van der Waals surface area contributed by atoms with Gasteiger partial charge in [0, 0.05) is 11.0 Å². The largest absolute Gasteiger partial charge is 0.389 e. The second-order valence-electron chi connectivity index (χ2n) is 3.04. The lowest BCUT2D eigenvalue weighted by molar-refractivity contribution is 0.0671. The summed E-state index contributed by atoms with van der Waals surface area (Å²) in [6.07, 6.45) is 3.46. The molecule has 0 spiro atoms. The number of thioether (sulfide) groups is 1. The maximum atomic E-state index is 9.77. The van der Waals surface area contributed by atoms with Crippen molar-refractivity contribution < 1.29 is 5.11 Å². The standard InChI is InChI=1S/C8H14OS/c1-3-4-8(9)5-7(2)10-6-8/h3,7,9H,1,4-6H2,2H3. The van der Waals surface area contributed by atoms with Crippen LogP contribution in [0.5, 0.6) is 0 Å². The van der Waals surface area contributed by atoms with Gasteiger partial charge in [0.05, 0.1) is 5.60 Å². The number of aliphatic hydroxyl groups is 1. The van der Waals surface area contributed by atoms with E-state index in [0.29, 0.717) is 5.25 Å². The Bertz CT molecular complexity index is 135. The second kappa shape index (κ2) is 2.97. The number of hydrogen-bond acceptors (Lipinski definition) is 2. The summed E-state index contributed by atoms with van der Waals surface area (Å²) in [5.74, 6) is 0.875. The molecule has 10 heavy (non-hydrogen) atoms. The summed E-state index contributed by atoms with van der Waals surface area (Å²) >= 11 is 1.85. The van der Waals surface area contributed by atoms with E-state index in [-0.39, 0.29) is 0 Å². The van der Waals surface area contributed by atoms with E-state index in [2.05, 4.69) is 13.5 Å². The van der Waals surface area contributed by atoms with Crippen molar-refractivity contribution in [3.8, 4) is 0 Å². The minimum absolute atomic E-state index is 0.439. The van der Waals surface area contributed by atoms with E-state index in [1.54, 1.807) is 6.08 Å². The molecule has 0 aliphatic carbocycles. The Labute approximate surface area is 66.5 Å². The van der Waals surface area contributed by atoms with Crippen molar-refractivity contribution in [3.63, 3.8) is 0 Å². The van der Waals surface area contributed by atoms with Crippen LogP contribution in [0.2, 0.25) is 0 Å². The fraction of sp³-hybridized carbons (Fsp3) is 0.750.